The summed E-state index contributed by atoms with van der Waals surface area (Å²) >= 11 is 0. The molecular weight excluding hydrogens is 407 g/mol. The van der Waals surface area contributed by atoms with Crippen LogP contribution < -0.4 is 10.1 Å². The van der Waals surface area contributed by atoms with Crippen molar-refractivity contribution in [2.75, 3.05) is 19.7 Å². The Morgan fingerprint density at radius 1 is 1.13 bits per heavy atom. The lowest BCUT2D eigenvalue weighted by atomic mass is 9.96. The number of amides is 1. The predicted octanol–water partition coefficient (Wildman–Crippen LogP) is 3.50. The Labute approximate surface area is 177 Å². The standard InChI is InChI=1S/C22H27FN2O4S/c1-3-29-20-8-10-21(11-9-20)30(27,28)25-14-12-18(13-15-25)22(26)24-16(2)17-4-6-19(23)7-5-17/h4-11,16,18H,3,12-15H2,1-2H3,(H,24,26)/t16-/m0/s1. The summed E-state index contributed by atoms with van der Waals surface area (Å²) in [6.45, 7) is 4.81. The SMILES string of the molecule is CCOc1ccc(S(=O)(=O)N2CCC(C(=O)N[C@@H](C)c3ccc(F)cc3)CC2)cc1. The average Bonchev–Trinajstić information content (AvgIpc) is 2.75. The van der Waals surface area contributed by atoms with E-state index in [1.165, 1.54) is 16.4 Å². The van der Waals surface area contributed by atoms with Gasteiger partial charge in [-0.3, -0.25) is 4.79 Å². The van der Waals surface area contributed by atoms with Gasteiger partial charge in [-0.2, -0.15) is 4.31 Å². The van der Waals surface area contributed by atoms with Gasteiger partial charge >= 0.3 is 0 Å². The van der Waals surface area contributed by atoms with E-state index in [9.17, 15) is 17.6 Å². The van der Waals surface area contributed by atoms with Crippen molar-refractivity contribution in [3.63, 3.8) is 0 Å². The Bertz CT molecular complexity index is 954. The maximum absolute atomic E-state index is 13.1. The van der Waals surface area contributed by atoms with Gasteiger partial charge in [-0.25, -0.2) is 12.8 Å². The van der Waals surface area contributed by atoms with Crippen molar-refractivity contribution < 1.29 is 22.3 Å². The van der Waals surface area contributed by atoms with Crippen LogP contribution in [0, 0.1) is 11.7 Å². The van der Waals surface area contributed by atoms with Crippen molar-refractivity contribution >= 4 is 15.9 Å². The van der Waals surface area contributed by atoms with Gasteiger partial charge in [-0.1, -0.05) is 12.1 Å². The molecule has 1 atom stereocenters. The molecule has 2 aromatic carbocycles. The first kappa shape index (κ1) is 22.2. The van der Waals surface area contributed by atoms with Crippen LogP contribution in [-0.2, 0) is 14.8 Å². The van der Waals surface area contributed by atoms with E-state index in [1.54, 1.807) is 36.4 Å². The number of rotatable bonds is 7. The van der Waals surface area contributed by atoms with E-state index in [1.807, 2.05) is 13.8 Å². The molecule has 2 aromatic rings. The normalized spacial score (nSPS) is 16.8. The fourth-order valence-electron chi connectivity index (χ4n) is 3.55. The number of nitrogens with one attached hydrogen (secondary N) is 1. The van der Waals surface area contributed by atoms with Crippen LogP contribution in [0.4, 0.5) is 4.39 Å². The Morgan fingerprint density at radius 3 is 2.30 bits per heavy atom. The van der Waals surface area contributed by atoms with Gasteiger partial charge in [-0.05, 0) is 68.7 Å². The minimum absolute atomic E-state index is 0.107. The van der Waals surface area contributed by atoms with Gasteiger partial charge in [0.25, 0.3) is 0 Å². The highest BCUT2D eigenvalue weighted by Gasteiger charge is 2.32. The molecule has 1 saturated heterocycles. The van der Waals surface area contributed by atoms with Gasteiger partial charge in [0, 0.05) is 19.0 Å². The molecule has 0 spiro atoms. The van der Waals surface area contributed by atoms with E-state index in [-0.39, 0.29) is 28.6 Å². The molecule has 1 amide bonds. The quantitative estimate of drug-likeness (QED) is 0.724. The molecule has 0 radical (unpaired) electrons. The van der Waals surface area contributed by atoms with E-state index in [4.69, 9.17) is 4.74 Å². The third-order valence-corrected chi connectivity index (χ3v) is 7.24. The van der Waals surface area contributed by atoms with E-state index in [0.717, 1.165) is 5.56 Å². The number of hydrogen-bond donors (Lipinski definition) is 1. The van der Waals surface area contributed by atoms with Gasteiger partial charge in [0.1, 0.15) is 11.6 Å². The third kappa shape index (κ3) is 5.17. The maximum Gasteiger partial charge on any atom is 0.243 e. The van der Waals surface area contributed by atoms with Crippen LogP contribution in [0.15, 0.2) is 53.4 Å². The summed E-state index contributed by atoms with van der Waals surface area (Å²) in [5.74, 6) is -0.0508. The van der Waals surface area contributed by atoms with Gasteiger partial charge in [-0.15, -0.1) is 0 Å². The number of carbonyl (C=O) groups excluding carboxylic acids is 1. The summed E-state index contributed by atoms with van der Waals surface area (Å²) in [5, 5.41) is 2.95. The first-order valence-corrected chi connectivity index (χ1v) is 11.5. The number of nitrogens with zero attached hydrogens (tertiary/aromatic N) is 1. The summed E-state index contributed by atoms with van der Waals surface area (Å²) in [6.07, 6.45) is 0.913. The topological polar surface area (TPSA) is 75.7 Å². The van der Waals surface area contributed by atoms with Gasteiger partial charge in [0.15, 0.2) is 0 Å². The first-order chi connectivity index (χ1) is 14.3. The highest BCUT2D eigenvalue weighted by atomic mass is 32.2. The lowest BCUT2D eigenvalue weighted by molar-refractivity contribution is -0.126. The summed E-state index contributed by atoms with van der Waals surface area (Å²) in [7, 11) is -3.60. The molecule has 8 heteroatoms. The van der Waals surface area contributed by atoms with Crippen molar-refractivity contribution in [2.45, 2.75) is 37.6 Å². The van der Waals surface area contributed by atoms with E-state index in [0.29, 0.717) is 38.3 Å². The monoisotopic (exact) mass is 434 g/mol. The summed E-state index contributed by atoms with van der Waals surface area (Å²) in [4.78, 5) is 12.8. The highest BCUT2D eigenvalue weighted by molar-refractivity contribution is 7.89. The second kappa shape index (κ2) is 9.57. The highest BCUT2D eigenvalue weighted by Crippen LogP contribution is 2.26. The molecule has 1 aliphatic rings. The van der Waals surface area contributed by atoms with E-state index < -0.39 is 10.0 Å². The number of ether oxygens (including phenoxy) is 1. The Morgan fingerprint density at radius 2 is 1.73 bits per heavy atom. The number of carbonyl (C=O) groups is 1. The summed E-state index contributed by atoms with van der Waals surface area (Å²) in [6, 6.07) is 12.2. The van der Waals surface area contributed by atoms with Crippen LogP contribution in [0.2, 0.25) is 0 Å². The molecule has 6 nitrogen and oxygen atoms in total. The van der Waals surface area contributed by atoms with Crippen LogP contribution in [0.3, 0.4) is 0 Å². The second-order valence-electron chi connectivity index (χ2n) is 7.36. The molecule has 0 unspecified atom stereocenters. The summed E-state index contributed by atoms with van der Waals surface area (Å²) in [5.41, 5.74) is 0.820. The third-order valence-electron chi connectivity index (χ3n) is 5.33. The van der Waals surface area contributed by atoms with Crippen molar-refractivity contribution in [1.29, 1.82) is 0 Å². The molecule has 1 aliphatic heterocycles. The minimum Gasteiger partial charge on any atom is -0.494 e. The maximum atomic E-state index is 13.1. The molecule has 1 fully saturated rings. The number of hydrogen-bond acceptors (Lipinski definition) is 4. The first-order valence-electron chi connectivity index (χ1n) is 10.1. The van der Waals surface area contributed by atoms with Crippen molar-refractivity contribution in [2.24, 2.45) is 5.92 Å². The fraction of sp³-hybridized carbons (Fsp3) is 0.409. The zero-order chi connectivity index (χ0) is 21.7. The smallest absolute Gasteiger partial charge is 0.243 e. The van der Waals surface area contributed by atoms with Crippen LogP contribution in [-0.4, -0.2) is 38.3 Å². The molecule has 0 aliphatic carbocycles. The zero-order valence-electron chi connectivity index (χ0n) is 17.2. The second-order valence-corrected chi connectivity index (χ2v) is 9.30. The number of benzene rings is 2. The van der Waals surface area contributed by atoms with Crippen LogP contribution in [0.1, 0.15) is 38.3 Å². The van der Waals surface area contributed by atoms with Crippen molar-refractivity contribution in [3.05, 3.63) is 59.9 Å². The fourth-order valence-corrected chi connectivity index (χ4v) is 5.02. The lowest BCUT2D eigenvalue weighted by Crippen LogP contribution is -2.43. The Balaban J connectivity index is 1.56. The zero-order valence-corrected chi connectivity index (χ0v) is 18.0. The Kier molecular flexibility index (Phi) is 7.10. The minimum atomic E-state index is -3.60. The van der Waals surface area contributed by atoms with Crippen molar-refractivity contribution in [3.8, 4) is 5.75 Å². The predicted molar refractivity (Wildman–Crippen MR) is 112 cm³/mol. The molecule has 1 N–H and O–H groups in total. The lowest BCUT2D eigenvalue weighted by Gasteiger charge is -2.31. The molecular formula is C22H27FN2O4S. The van der Waals surface area contributed by atoms with E-state index in [2.05, 4.69) is 5.32 Å². The number of piperidine rings is 1. The number of halogens is 1. The van der Waals surface area contributed by atoms with Gasteiger partial charge in [0.2, 0.25) is 15.9 Å². The van der Waals surface area contributed by atoms with E-state index >= 15 is 0 Å². The number of sulfonamides is 1. The molecule has 162 valence electrons. The van der Waals surface area contributed by atoms with Crippen LogP contribution in [0.25, 0.3) is 0 Å². The van der Waals surface area contributed by atoms with Crippen LogP contribution in [0.5, 0.6) is 5.75 Å². The molecule has 30 heavy (non-hydrogen) atoms. The van der Waals surface area contributed by atoms with Crippen molar-refractivity contribution in [1.82, 2.24) is 9.62 Å². The molecule has 1 heterocycles. The van der Waals surface area contributed by atoms with Crippen LogP contribution >= 0.6 is 0 Å². The molecule has 0 saturated carbocycles. The van der Waals surface area contributed by atoms with Gasteiger partial charge < -0.3 is 10.1 Å². The average molecular weight is 435 g/mol. The molecule has 0 aromatic heterocycles. The molecule has 0 bridgehead atoms. The van der Waals surface area contributed by atoms with Gasteiger partial charge in [0.05, 0.1) is 17.5 Å². The molecule has 3 rings (SSSR count). The Hall–Kier alpha value is -2.45. The summed E-state index contributed by atoms with van der Waals surface area (Å²) < 4.78 is 45.6. The largest absolute Gasteiger partial charge is 0.494 e.